The first-order valence-electron chi connectivity index (χ1n) is 6.72. The van der Waals surface area contributed by atoms with Crippen LogP contribution in [0.15, 0.2) is 46.5 Å². The number of nitrogens with one attached hydrogen (secondary N) is 1. The Bertz CT molecular complexity index is 771. The third-order valence-electron chi connectivity index (χ3n) is 3.21. The number of aliphatic imine (C=N–C) groups is 1. The number of halogens is 1. The van der Waals surface area contributed by atoms with E-state index in [1.54, 1.807) is 25.5 Å². The lowest BCUT2D eigenvalue weighted by Gasteiger charge is -2.05. The Labute approximate surface area is 137 Å². The first kappa shape index (κ1) is 15.1. The lowest BCUT2D eigenvalue weighted by atomic mass is 10.0. The second-order valence-corrected chi connectivity index (χ2v) is 5.08. The molecule has 0 saturated carbocycles. The topological polar surface area (TPSA) is 88.8 Å². The molecule has 7 nitrogen and oxygen atoms in total. The van der Waals surface area contributed by atoms with E-state index < -0.39 is 5.92 Å². The summed E-state index contributed by atoms with van der Waals surface area (Å²) in [5.41, 5.74) is 3.70. The lowest BCUT2D eigenvalue weighted by molar-refractivity contribution is -0.120. The Morgan fingerprint density at radius 2 is 2.00 bits per heavy atom. The first-order chi connectivity index (χ1) is 11.2. The van der Waals surface area contributed by atoms with Gasteiger partial charge in [-0.3, -0.25) is 4.79 Å². The minimum absolute atomic E-state index is 0.257. The zero-order valence-corrected chi connectivity index (χ0v) is 12.9. The van der Waals surface area contributed by atoms with Gasteiger partial charge >= 0.3 is 0 Å². The van der Waals surface area contributed by atoms with E-state index in [4.69, 9.17) is 16.3 Å². The number of nitrogens with zero attached hydrogens (tertiary/aromatic N) is 4. The number of amidine groups is 1. The fraction of sp³-hybridized carbons (Fsp3) is 0.133. The van der Waals surface area contributed by atoms with Crippen LogP contribution in [-0.4, -0.2) is 35.3 Å². The number of carbonyl (C=O) groups excluding carboxylic acids is 1. The van der Waals surface area contributed by atoms with Crippen molar-refractivity contribution in [3.63, 3.8) is 0 Å². The summed E-state index contributed by atoms with van der Waals surface area (Å²) >= 11 is 5.71. The summed E-state index contributed by atoms with van der Waals surface area (Å²) < 4.78 is 5.10. The van der Waals surface area contributed by atoms with Crippen molar-refractivity contribution in [2.45, 2.75) is 5.92 Å². The van der Waals surface area contributed by atoms with Gasteiger partial charge in [0.2, 0.25) is 0 Å². The van der Waals surface area contributed by atoms with Gasteiger partial charge in [0.25, 0.3) is 5.91 Å². The number of carbonyl (C=O) groups is 1. The molecule has 8 heteroatoms. The Balaban J connectivity index is 1.81. The summed E-state index contributed by atoms with van der Waals surface area (Å²) in [6.45, 7) is 0. The molecule has 1 aliphatic heterocycles. The van der Waals surface area contributed by atoms with E-state index >= 15 is 0 Å². The van der Waals surface area contributed by atoms with Gasteiger partial charge in [-0.1, -0.05) is 11.6 Å². The van der Waals surface area contributed by atoms with Gasteiger partial charge in [-0.05, 0) is 42.0 Å². The van der Waals surface area contributed by atoms with Gasteiger partial charge in [-0.25, -0.2) is 10.4 Å². The summed E-state index contributed by atoms with van der Waals surface area (Å²) in [5, 5.41) is 11.9. The maximum atomic E-state index is 11.9. The van der Waals surface area contributed by atoms with Crippen LogP contribution in [0.3, 0.4) is 0 Å². The van der Waals surface area contributed by atoms with Gasteiger partial charge < -0.3 is 4.74 Å². The zero-order valence-electron chi connectivity index (χ0n) is 12.1. The first-order valence-corrected chi connectivity index (χ1v) is 7.10. The van der Waals surface area contributed by atoms with Gasteiger partial charge in [0.1, 0.15) is 11.7 Å². The van der Waals surface area contributed by atoms with Crippen molar-refractivity contribution in [2.24, 2.45) is 10.1 Å². The van der Waals surface area contributed by atoms with E-state index in [-0.39, 0.29) is 11.1 Å². The predicted molar refractivity (Wildman–Crippen MR) is 85.9 cm³/mol. The molecular formula is C15H12ClN5O2. The Hall–Kier alpha value is -2.80. The van der Waals surface area contributed by atoms with Gasteiger partial charge in [0.15, 0.2) is 11.0 Å². The summed E-state index contributed by atoms with van der Waals surface area (Å²) in [4.78, 5) is 16.2. The molecule has 1 aliphatic rings. The Kier molecular flexibility index (Phi) is 4.29. The molecule has 1 N–H and O–H groups in total. The van der Waals surface area contributed by atoms with E-state index in [2.05, 4.69) is 25.7 Å². The number of hydrogen-bond donors (Lipinski definition) is 1. The molecule has 1 aromatic heterocycles. The van der Waals surface area contributed by atoms with E-state index in [1.165, 1.54) is 0 Å². The Morgan fingerprint density at radius 1 is 1.22 bits per heavy atom. The molecule has 0 spiro atoms. The average Bonchev–Trinajstić information content (AvgIpc) is 2.95. The molecule has 23 heavy (non-hydrogen) atoms. The fourth-order valence-electron chi connectivity index (χ4n) is 2.04. The molecule has 2 heterocycles. The second kappa shape index (κ2) is 6.53. The highest BCUT2D eigenvalue weighted by Crippen LogP contribution is 2.21. The quantitative estimate of drug-likeness (QED) is 0.869. The number of hydrogen-bond acceptors (Lipinski definition) is 6. The van der Waals surface area contributed by atoms with Crippen LogP contribution >= 0.6 is 11.6 Å². The van der Waals surface area contributed by atoms with Gasteiger partial charge in [-0.2, -0.15) is 10.2 Å². The Morgan fingerprint density at radius 3 is 2.65 bits per heavy atom. The van der Waals surface area contributed by atoms with Crippen LogP contribution in [0.4, 0.5) is 0 Å². The minimum atomic E-state index is -0.700. The molecule has 0 bridgehead atoms. The number of rotatable bonds is 3. The third kappa shape index (κ3) is 3.35. The maximum Gasteiger partial charge on any atom is 0.257 e. The molecule has 1 unspecified atom stereocenters. The van der Waals surface area contributed by atoms with E-state index in [9.17, 15) is 4.79 Å². The van der Waals surface area contributed by atoms with Crippen molar-refractivity contribution in [1.29, 1.82) is 0 Å². The molecule has 1 atom stereocenters. The van der Waals surface area contributed by atoms with Crippen molar-refractivity contribution in [2.75, 3.05) is 7.11 Å². The van der Waals surface area contributed by atoms with Crippen LogP contribution in [0.2, 0.25) is 5.15 Å². The van der Waals surface area contributed by atoms with E-state index in [1.807, 2.05) is 24.3 Å². The van der Waals surface area contributed by atoms with Crippen LogP contribution < -0.4 is 10.2 Å². The normalized spacial score (nSPS) is 17.2. The second-order valence-electron chi connectivity index (χ2n) is 4.69. The monoisotopic (exact) mass is 329 g/mol. The highest BCUT2D eigenvalue weighted by molar-refractivity contribution is 6.29. The number of hydrazone groups is 1. The third-order valence-corrected chi connectivity index (χ3v) is 3.41. The lowest BCUT2D eigenvalue weighted by Crippen LogP contribution is -2.22. The zero-order chi connectivity index (χ0) is 16.2. The molecule has 1 aromatic carbocycles. The van der Waals surface area contributed by atoms with Crippen molar-refractivity contribution in [3.8, 4) is 5.75 Å². The van der Waals surface area contributed by atoms with Gasteiger partial charge in [0.05, 0.1) is 12.8 Å². The number of amides is 1. The minimum Gasteiger partial charge on any atom is -0.497 e. The van der Waals surface area contributed by atoms with Crippen molar-refractivity contribution in [1.82, 2.24) is 15.6 Å². The highest BCUT2D eigenvalue weighted by atomic mass is 35.5. The standard InChI is InChI=1S/C15H12ClN5O2/c1-23-10-4-2-9(3-5-10)8-17-14-13(15(22)21-20-14)11-6-7-12(16)19-18-11/h2-8,13H,1H3,(H,21,22). The largest absolute Gasteiger partial charge is 0.497 e. The van der Waals surface area contributed by atoms with Gasteiger partial charge in [-0.15, -0.1) is 5.10 Å². The molecule has 1 amide bonds. The van der Waals surface area contributed by atoms with Crippen LogP contribution in [0.5, 0.6) is 5.75 Å². The van der Waals surface area contributed by atoms with Crippen LogP contribution in [0.25, 0.3) is 0 Å². The van der Waals surface area contributed by atoms with Crippen molar-refractivity contribution < 1.29 is 9.53 Å². The summed E-state index contributed by atoms with van der Waals surface area (Å²) in [5.74, 6) is 0.0757. The van der Waals surface area contributed by atoms with Crippen LogP contribution in [-0.2, 0) is 4.79 Å². The number of benzene rings is 1. The van der Waals surface area contributed by atoms with Gasteiger partial charge in [0, 0.05) is 6.21 Å². The van der Waals surface area contributed by atoms with Crippen molar-refractivity contribution in [3.05, 3.63) is 52.8 Å². The fourth-order valence-corrected chi connectivity index (χ4v) is 2.14. The molecule has 0 radical (unpaired) electrons. The summed E-state index contributed by atoms with van der Waals surface area (Å²) in [6, 6.07) is 10.5. The number of methoxy groups -OCH3 is 1. The molecule has 0 fully saturated rings. The predicted octanol–water partition coefficient (Wildman–Crippen LogP) is 1.78. The van der Waals surface area contributed by atoms with Crippen molar-refractivity contribution >= 4 is 29.6 Å². The molecule has 2 aromatic rings. The average molecular weight is 330 g/mol. The maximum absolute atomic E-state index is 11.9. The SMILES string of the molecule is COc1ccc(C=NC2=NNC(=O)C2c2ccc(Cl)nn2)cc1. The van der Waals surface area contributed by atoms with Crippen LogP contribution in [0, 0.1) is 0 Å². The molecule has 116 valence electrons. The molecule has 0 aliphatic carbocycles. The molecule has 3 rings (SSSR count). The smallest absolute Gasteiger partial charge is 0.257 e. The number of aromatic nitrogens is 2. The van der Waals surface area contributed by atoms with E-state index in [0.717, 1.165) is 11.3 Å². The summed E-state index contributed by atoms with van der Waals surface area (Å²) in [7, 11) is 1.60. The molecular weight excluding hydrogens is 318 g/mol. The highest BCUT2D eigenvalue weighted by Gasteiger charge is 2.33. The summed E-state index contributed by atoms with van der Waals surface area (Å²) in [6.07, 6.45) is 1.62. The van der Waals surface area contributed by atoms with Crippen LogP contribution in [0.1, 0.15) is 17.2 Å². The molecule has 0 saturated heterocycles. The van der Waals surface area contributed by atoms with E-state index in [0.29, 0.717) is 11.5 Å². The number of ether oxygens (including phenoxy) is 1.